The summed E-state index contributed by atoms with van der Waals surface area (Å²) in [6, 6.07) is 7.64. The van der Waals surface area contributed by atoms with E-state index in [0.29, 0.717) is 0 Å². The van der Waals surface area contributed by atoms with E-state index < -0.39 is 0 Å². The van der Waals surface area contributed by atoms with Crippen LogP contribution in [0.4, 0.5) is 0 Å². The van der Waals surface area contributed by atoms with E-state index in [0.717, 1.165) is 51.7 Å². The summed E-state index contributed by atoms with van der Waals surface area (Å²) in [5.74, 6) is 0.223. The molecule has 1 fully saturated rings. The number of benzene rings is 1. The molecule has 1 aliphatic rings. The van der Waals surface area contributed by atoms with Crippen molar-refractivity contribution in [3.8, 4) is 0 Å². The lowest BCUT2D eigenvalue weighted by Crippen LogP contribution is -2.05. The normalized spacial score (nSPS) is 18.0. The van der Waals surface area contributed by atoms with Crippen molar-refractivity contribution in [1.82, 2.24) is 0 Å². The second-order valence-corrected chi connectivity index (χ2v) is 7.26. The van der Waals surface area contributed by atoms with E-state index >= 15 is 0 Å². The maximum Gasteiger partial charge on any atom is 0.186 e. The van der Waals surface area contributed by atoms with E-state index in [1.165, 1.54) is 0 Å². The first-order chi connectivity index (χ1) is 10.2. The molecule has 21 heavy (non-hydrogen) atoms. The number of ketones is 1. The first-order valence-corrected chi connectivity index (χ1v) is 9.80. The third kappa shape index (κ3) is 4.41. The predicted molar refractivity (Wildman–Crippen MR) is 97.0 cm³/mol. The summed E-state index contributed by atoms with van der Waals surface area (Å²) in [5, 5.41) is 0.719. The van der Waals surface area contributed by atoms with E-state index in [1.807, 2.05) is 42.9 Å². The van der Waals surface area contributed by atoms with Gasteiger partial charge in [0.25, 0.3) is 0 Å². The molecule has 1 nitrogen and oxygen atoms in total. The van der Waals surface area contributed by atoms with Gasteiger partial charge in [-0.25, -0.2) is 0 Å². The first kappa shape index (κ1) is 16.7. The number of Topliss-reactive ketones (excluding diaryl/α,β-unsaturated/α-hetero) is 1. The van der Waals surface area contributed by atoms with Gasteiger partial charge in [-0.05, 0) is 62.0 Å². The van der Waals surface area contributed by atoms with E-state index in [-0.39, 0.29) is 5.78 Å². The Kier molecular flexibility index (Phi) is 6.46. The molecule has 0 N–H and O–H groups in total. The Hall–Kier alpha value is -0.640. The molecule has 0 radical (unpaired) electrons. The topological polar surface area (TPSA) is 17.1 Å². The number of halogens is 1. The molecule has 0 unspecified atom stereocenters. The fraction of sp³-hybridized carbons (Fsp3) is 0.353. The average molecular weight is 339 g/mol. The molecule has 0 bridgehead atoms. The fourth-order valence-corrected chi connectivity index (χ4v) is 4.14. The van der Waals surface area contributed by atoms with Crippen molar-refractivity contribution in [2.75, 3.05) is 12.5 Å². The SMILES string of the molecule is CSC(SC)=C1CCCC/C(=C/c2ccc(Cl)cc2)C1=O. The quantitative estimate of drug-likeness (QED) is 0.511. The van der Waals surface area contributed by atoms with Crippen molar-refractivity contribution in [2.45, 2.75) is 25.7 Å². The number of carbonyl (C=O) groups excluding carboxylic acids is 1. The molecule has 0 amide bonds. The summed E-state index contributed by atoms with van der Waals surface area (Å²) in [5.41, 5.74) is 2.96. The van der Waals surface area contributed by atoms with Crippen LogP contribution in [0.15, 0.2) is 39.6 Å². The number of thioether (sulfide) groups is 2. The number of hydrogen-bond acceptors (Lipinski definition) is 3. The largest absolute Gasteiger partial charge is 0.289 e. The van der Waals surface area contributed by atoms with Crippen molar-refractivity contribution < 1.29 is 4.79 Å². The van der Waals surface area contributed by atoms with E-state index in [2.05, 4.69) is 0 Å². The molecule has 2 rings (SSSR count). The minimum atomic E-state index is 0.223. The minimum absolute atomic E-state index is 0.223. The van der Waals surface area contributed by atoms with Gasteiger partial charge in [0.1, 0.15) is 0 Å². The zero-order valence-electron chi connectivity index (χ0n) is 12.3. The Morgan fingerprint density at radius 3 is 2.33 bits per heavy atom. The van der Waals surface area contributed by atoms with Crippen molar-refractivity contribution in [1.29, 1.82) is 0 Å². The molecule has 0 aliphatic heterocycles. The molecule has 0 aromatic heterocycles. The highest BCUT2D eigenvalue weighted by Gasteiger charge is 2.21. The van der Waals surface area contributed by atoms with Gasteiger partial charge in [0.15, 0.2) is 5.78 Å². The van der Waals surface area contributed by atoms with Crippen LogP contribution in [0.1, 0.15) is 31.2 Å². The summed E-state index contributed by atoms with van der Waals surface area (Å²) in [6.45, 7) is 0. The van der Waals surface area contributed by atoms with Crippen molar-refractivity contribution >= 4 is 47.0 Å². The Bertz CT molecular complexity index is 567. The smallest absolute Gasteiger partial charge is 0.186 e. The number of allylic oxidation sites excluding steroid dienone is 2. The van der Waals surface area contributed by atoms with Crippen LogP contribution < -0.4 is 0 Å². The molecule has 1 aliphatic carbocycles. The van der Waals surface area contributed by atoms with Gasteiger partial charge in [-0.2, -0.15) is 0 Å². The fourth-order valence-electron chi connectivity index (χ4n) is 2.46. The molecule has 1 saturated carbocycles. The van der Waals surface area contributed by atoms with Gasteiger partial charge in [-0.1, -0.05) is 23.7 Å². The standard InChI is InChI=1S/C17H19ClOS2/c1-20-17(21-2)15-6-4-3-5-13(16(15)19)11-12-7-9-14(18)10-8-12/h7-11H,3-6H2,1-2H3/b13-11-. The van der Waals surface area contributed by atoms with Crippen LogP contribution in [0, 0.1) is 0 Å². The molecular formula is C17H19ClOS2. The lowest BCUT2D eigenvalue weighted by Gasteiger charge is -2.09. The molecule has 0 atom stereocenters. The summed E-state index contributed by atoms with van der Waals surface area (Å²) < 4.78 is 1.16. The molecule has 0 spiro atoms. The second kappa shape index (κ2) is 8.11. The highest BCUT2D eigenvalue weighted by atomic mass is 35.5. The van der Waals surface area contributed by atoms with Gasteiger partial charge in [-0.15, -0.1) is 23.5 Å². The van der Waals surface area contributed by atoms with Crippen LogP contribution in [0.2, 0.25) is 5.02 Å². The van der Waals surface area contributed by atoms with E-state index in [9.17, 15) is 4.79 Å². The van der Waals surface area contributed by atoms with Crippen LogP contribution in [0.3, 0.4) is 0 Å². The van der Waals surface area contributed by atoms with Gasteiger partial charge in [0.2, 0.25) is 0 Å². The summed E-state index contributed by atoms with van der Waals surface area (Å²) in [4.78, 5) is 12.8. The number of hydrogen-bond donors (Lipinski definition) is 0. The van der Waals surface area contributed by atoms with Crippen molar-refractivity contribution in [3.63, 3.8) is 0 Å². The average Bonchev–Trinajstić information content (AvgIpc) is 2.67. The third-order valence-corrected chi connectivity index (χ3v) is 6.00. The Labute approximate surface area is 140 Å². The van der Waals surface area contributed by atoms with Gasteiger partial charge in [0, 0.05) is 20.4 Å². The van der Waals surface area contributed by atoms with Crippen LogP contribution in [-0.2, 0) is 4.79 Å². The van der Waals surface area contributed by atoms with Crippen LogP contribution in [0.25, 0.3) is 6.08 Å². The summed E-state index contributed by atoms with van der Waals surface area (Å²) in [7, 11) is 0. The van der Waals surface area contributed by atoms with Crippen molar-refractivity contribution in [3.05, 3.63) is 50.2 Å². The van der Waals surface area contributed by atoms with Crippen LogP contribution in [0.5, 0.6) is 0 Å². The maximum atomic E-state index is 12.8. The Morgan fingerprint density at radius 1 is 1.10 bits per heavy atom. The number of carbonyl (C=O) groups is 1. The maximum absolute atomic E-state index is 12.8. The third-order valence-electron chi connectivity index (χ3n) is 3.52. The van der Waals surface area contributed by atoms with Gasteiger partial charge in [-0.3, -0.25) is 4.79 Å². The van der Waals surface area contributed by atoms with E-state index in [1.54, 1.807) is 23.5 Å². The van der Waals surface area contributed by atoms with Crippen molar-refractivity contribution in [2.24, 2.45) is 0 Å². The number of rotatable bonds is 3. The molecule has 112 valence electrons. The lowest BCUT2D eigenvalue weighted by atomic mass is 10.0. The lowest BCUT2D eigenvalue weighted by molar-refractivity contribution is -0.112. The van der Waals surface area contributed by atoms with Crippen LogP contribution >= 0.6 is 35.1 Å². The molecule has 4 heteroatoms. The minimum Gasteiger partial charge on any atom is -0.289 e. The molecule has 0 saturated heterocycles. The molecule has 0 heterocycles. The zero-order valence-corrected chi connectivity index (χ0v) is 14.7. The molecule has 1 aromatic carbocycles. The monoisotopic (exact) mass is 338 g/mol. The second-order valence-electron chi connectivity index (χ2n) is 4.93. The van der Waals surface area contributed by atoms with E-state index in [4.69, 9.17) is 11.6 Å². The highest BCUT2D eigenvalue weighted by molar-refractivity contribution is 8.21. The molecular weight excluding hydrogens is 320 g/mol. The molecule has 1 aromatic rings. The van der Waals surface area contributed by atoms with Gasteiger partial charge >= 0.3 is 0 Å². The van der Waals surface area contributed by atoms with Crippen LogP contribution in [-0.4, -0.2) is 18.3 Å². The predicted octanol–water partition coefficient (Wildman–Crippen LogP) is 5.80. The first-order valence-electron chi connectivity index (χ1n) is 6.97. The zero-order chi connectivity index (χ0) is 15.2. The van der Waals surface area contributed by atoms with Gasteiger partial charge < -0.3 is 0 Å². The van der Waals surface area contributed by atoms with Gasteiger partial charge in [0.05, 0.1) is 0 Å². The Balaban J connectivity index is 2.36. The summed E-state index contributed by atoms with van der Waals surface area (Å²) in [6.07, 6.45) is 10.0. The Morgan fingerprint density at radius 2 is 1.71 bits per heavy atom. The highest BCUT2D eigenvalue weighted by Crippen LogP contribution is 2.35. The summed E-state index contributed by atoms with van der Waals surface area (Å²) >= 11 is 9.26.